The molecule has 2 aromatic heterocycles. The number of aromatic nitrogens is 2. The highest BCUT2D eigenvalue weighted by atomic mass is 16.7. The summed E-state index contributed by atoms with van der Waals surface area (Å²) in [7, 11) is 1.59. The van der Waals surface area contributed by atoms with Crippen LogP contribution < -0.4 is 10.4 Å². The van der Waals surface area contributed by atoms with E-state index >= 15 is 0 Å². The van der Waals surface area contributed by atoms with E-state index in [1.165, 1.54) is 5.06 Å². The average molecular weight is 382 g/mol. The Bertz CT molecular complexity index is 968. The van der Waals surface area contributed by atoms with E-state index in [4.69, 9.17) is 9.57 Å². The Morgan fingerprint density at radius 2 is 2.00 bits per heavy atom. The molecule has 0 saturated carbocycles. The van der Waals surface area contributed by atoms with Crippen LogP contribution in [-0.2, 0) is 20.9 Å². The summed E-state index contributed by atoms with van der Waals surface area (Å²) in [4.78, 5) is 21.8. The molecule has 0 unspecified atom stereocenters. The number of nitrogens with one attached hydrogen (secondary N) is 1. The van der Waals surface area contributed by atoms with Gasteiger partial charge in [0.15, 0.2) is 5.65 Å². The van der Waals surface area contributed by atoms with Crippen molar-refractivity contribution in [1.82, 2.24) is 9.38 Å². The van der Waals surface area contributed by atoms with Crippen molar-refractivity contribution in [3.8, 4) is 0 Å². The molecule has 0 aliphatic carbocycles. The summed E-state index contributed by atoms with van der Waals surface area (Å²) in [6, 6.07) is 9.80. The molecule has 3 rings (SSSR count). The van der Waals surface area contributed by atoms with Gasteiger partial charge >= 0.3 is 0 Å². The van der Waals surface area contributed by atoms with E-state index < -0.39 is 0 Å². The number of aryl methyl sites for hydroxylation is 3. The lowest BCUT2D eigenvalue weighted by atomic mass is 10.1. The largest absolute Gasteiger partial charge is 0.382 e. The molecule has 0 bridgehead atoms. The number of hydroxylamine groups is 1. The van der Waals surface area contributed by atoms with Crippen LogP contribution >= 0.6 is 0 Å². The third-order valence-electron chi connectivity index (χ3n) is 4.82. The maximum atomic E-state index is 11.6. The van der Waals surface area contributed by atoms with Gasteiger partial charge in [-0.1, -0.05) is 12.1 Å². The summed E-state index contributed by atoms with van der Waals surface area (Å²) in [6.45, 7) is 7.31. The van der Waals surface area contributed by atoms with Crippen LogP contribution in [0.5, 0.6) is 0 Å². The molecule has 0 aliphatic heterocycles. The Morgan fingerprint density at radius 1 is 1.18 bits per heavy atom. The molecule has 148 valence electrons. The van der Waals surface area contributed by atoms with Crippen molar-refractivity contribution in [2.75, 3.05) is 30.7 Å². The fourth-order valence-corrected chi connectivity index (χ4v) is 3.12. The number of pyridine rings is 1. The molecule has 7 heteroatoms. The van der Waals surface area contributed by atoms with Crippen LogP contribution in [0, 0.1) is 20.8 Å². The molecular weight excluding hydrogens is 356 g/mol. The molecule has 2 heterocycles. The number of benzene rings is 1. The zero-order valence-corrected chi connectivity index (χ0v) is 16.7. The van der Waals surface area contributed by atoms with Crippen molar-refractivity contribution in [3.63, 3.8) is 0 Å². The van der Waals surface area contributed by atoms with Crippen molar-refractivity contribution in [2.24, 2.45) is 0 Å². The zero-order chi connectivity index (χ0) is 20.1. The number of methoxy groups -OCH3 is 1. The number of nitrogens with zero attached hydrogens (tertiary/aromatic N) is 3. The third-order valence-corrected chi connectivity index (χ3v) is 4.82. The summed E-state index contributed by atoms with van der Waals surface area (Å²) < 4.78 is 7.07. The third kappa shape index (κ3) is 4.00. The molecule has 0 aliphatic rings. The number of imidazole rings is 1. The van der Waals surface area contributed by atoms with Gasteiger partial charge in [-0.25, -0.2) is 4.98 Å². The van der Waals surface area contributed by atoms with Crippen molar-refractivity contribution >= 4 is 23.4 Å². The monoisotopic (exact) mass is 382 g/mol. The van der Waals surface area contributed by atoms with Crippen LogP contribution in [-0.4, -0.2) is 36.1 Å². The fraction of sp³-hybridized carbons (Fsp3) is 0.333. The Hall–Kier alpha value is -2.90. The minimum atomic E-state index is 0.294. The maximum Gasteiger partial charge on any atom is 0.238 e. The molecule has 0 atom stereocenters. The van der Waals surface area contributed by atoms with Crippen LogP contribution in [0.15, 0.2) is 36.5 Å². The molecule has 0 spiro atoms. The van der Waals surface area contributed by atoms with E-state index in [1.807, 2.05) is 50.4 Å². The van der Waals surface area contributed by atoms with Gasteiger partial charge in [0.2, 0.25) is 6.41 Å². The van der Waals surface area contributed by atoms with Crippen molar-refractivity contribution < 1.29 is 14.4 Å². The zero-order valence-electron chi connectivity index (χ0n) is 16.7. The lowest BCUT2D eigenvalue weighted by Gasteiger charge is -2.22. The van der Waals surface area contributed by atoms with Gasteiger partial charge in [-0.3, -0.25) is 9.63 Å². The summed E-state index contributed by atoms with van der Waals surface area (Å²) in [5, 5.41) is 4.72. The van der Waals surface area contributed by atoms with Gasteiger partial charge in [0.1, 0.15) is 0 Å². The second kappa shape index (κ2) is 8.86. The first-order valence-corrected chi connectivity index (χ1v) is 9.19. The SMILES string of the molecule is COCCON(C=O)c1cccc(C)c1CNc1cccn2c(C)c(C)nc12. The number of hydrogen-bond acceptors (Lipinski definition) is 5. The van der Waals surface area contributed by atoms with Crippen molar-refractivity contribution in [2.45, 2.75) is 27.3 Å². The van der Waals surface area contributed by atoms with E-state index in [1.54, 1.807) is 7.11 Å². The number of carbonyl (C=O) groups is 1. The molecule has 3 aromatic rings. The molecule has 0 radical (unpaired) electrons. The van der Waals surface area contributed by atoms with Gasteiger partial charge in [0.25, 0.3) is 0 Å². The predicted molar refractivity (Wildman–Crippen MR) is 110 cm³/mol. The standard InChI is InChI=1S/C21H26N4O3/c1-15-7-5-9-20(25(14-26)28-12-11-27-4)18(15)13-22-19-8-6-10-24-17(3)16(2)23-21(19)24/h5-10,14,22H,11-13H2,1-4H3. The second-order valence-electron chi connectivity index (χ2n) is 6.58. The smallest absolute Gasteiger partial charge is 0.238 e. The van der Waals surface area contributed by atoms with Crippen LogP contribution in [0.1, 0.15) is 22.5 Å². The highest BCUT2D eigenvalue weighted by Gasteiger charge is 2.15. The van der Waals surface area contributed by atoms with Gasteiger partial charge in [-0.05, 0) is 44.5 Å². The second-order valence-corrected chi connectivity index (χ2v) is 6.58. The van der Waals surface area contributed by atoms with Crippen molar-refractivity contribution in [3.05, 3.63) is 59.0 Å². The van der Waals surface area contributed by atoms with E-state index in [-0.39, 0.29) is 0 Å². The lowest BCUT2D eigenvalue weighted by Crippen LogP contribution is -2.25. The number of anilines is 2. The van der Waals surface area contributed by atoms with Gasteiger partial charge in [-0.15, -0.1) is 0 Å². The van der Waals surface area contributed by atoms with E-state index in [9.17, 15) is 4.79 Å². The molecular formula is C21H26N4O3. The molecule has 0 saturated heterocycles. The normalized spacial score (nSPS) is 11.0. The predicted octanol–water partition coefficient (Wildman–Crippen LogP) is 3.41. The number of carbonyl (C=O) groups excluding carboxylic acids is 1. The minimum absolute atomic E-state index is 0.294. The minimum Gasteiger partial charge on any atom is -0.382 e. The highest BCUT2D eigenvalue weighted by molar-refractivity contribution is 5.76. The molecule has 1 N–H and O–H groups in total. The molecule has 1 aromatic carbocycles. The molecule has 1 amide bonds. The molecule has 28 heavy (non-hydrogen) atoms. The highest BCUT2D eigenvalue weighted by Crippen LogP contribution is 2.26. The van der Waals surface area contributed by atoms with E-state index in [2.05, 4.69) is 21.6 Å². The number of ether oxygens (including phenoxy) is 1. The fourth-order valence-electron chi connectivity index (χ4n) is 3.12. The molecule has 7 nitrogen and oxygen atoms in total. The Balaban J connectivity index is 1.87. The van der Waals surface area contributed by atoms with Gasteiger partial charge in [-0.2, -0.15) is 5.06 Å². The number of amides is 1. The first-order chi connectivity index (χ1) is 13.6. The van der Waals surface area contributed by atoms with Crippen LogP contribution in [0.25, 0.3) is 5.65 Å². The Labute approximate surface area is 164 Å². The van der Waals surface area contributed by atoms with E-state index in [0.29, 0.717) is 31.9 Å². The van der Waals surface area contributed by atoms with E-state index in [0.717, 1.165) is 33.8 Å². The molecule has 0 fully saturated rings. The summed E-state index contributed by atoms with van der Waals surface area (Å²) in [6.07, 6.45) is 2.68. The first kappa shape index (κ1) is 19.9. The first-order valence-electron chi connectivity index (χ1n) is 9.19. The van der Waals surface area contributed by atoms with Gasteiger partial charge in [0.05, 0.1) is 30.3 Å². The quantitative estimate of drug-likeness (QED) is 0.349. The lowest BCUT2D eigenvalue weighted by molar-refractivity contribution is -0.114. The van der Waals surface area contributed by atoms with Crippen LogP contribution in [0.3, 0.4) is 0 Å². The summed E-state index contributed by atoms with van der Waals surface area (Å²) >= 11 is 0. The Kier molecular flexibility index (Phi) is 6.28. The summed E-state index contributed by atoms with van der Waals surface area (Å²) in [5.41, 5.74) is 6.70. The Morgan fingerprint density at radius 3 is 2.75 bits per heavy atom. The number of fused-ring (bicyclic) bond motifs is 1. The topological polar surface area (TPSA) is 68.1 Å². The van der Waals surface area contributed by atoms with Crippen molar-refractivity contribution in [1.29, 1.82) is 0 Å². The average Bonchev–Trinajstić information content (AvgIpc) is 2.99. The summed E-state index contributed by atoms with van der Waals surface area (Å²) in [5.74, 6) is 0. The van der Waals surface area contributed by atoms with Gasteiger partial charge < -0.3 is 14.5 Å². The number of rotatable bonds is 9. The maximum absolute atomic E-state index is 11.6. The number of hydrogen-bond donors (Lipinski definition) is 1. The van der Waals surface area contributed by atoms with Crippen LogP contribution in [0.4, 0.5) is 11.4 Å². The van der Waals surface area contributed by atoms with Crippen LogP contribution in [0.2, 0.25) is 0 Å². The van der Waals surface area contributed by atoms with Gasteiger partial charge in [0, 0.05) is 31.1 Å².